The van der Waals surface area contributed by atoms with E-state index in [1.54, 1.807) is 0 Å². The second kappa shape index (κ2) is 7.74. The smallest absolute Gasteiger partial charge is 0.326 e. The average molecular weight is 385 g/mol. The van der Waals surface area contributed by atoms with Crippen molar-refractivity contribution in [1.82, 2.24) is 15.1 Å². The molecule has 0 aromatic heterocycles. The Morgan fingerprint density at radius 2 is 1.89 bits per heavy atom. The maximum Gasteiger partial charge on any atom is 0.326 e. The Morgan fingerprint density at radius 3 is 2.64 bits per heavy atom. The van der Waals surface area contributed by atoms with E-state index >= 15 is 0 Å². The van der Waals surface area contributed by atoms with Crippen molar-refractivity contribution in [3.8, 4) is 0 Å². The van der Waals surface area contributed by atoms with Gasteiger partial charge in [0.05, 0.1) is 6.67 Å². The molecule has 1 aliphatic carbocycles. The van der Waals surface area contributed by atoms with Gasteiger partial charge in [-0.2, -0.15) is 0 Å². The summed E-state index contributed by atoms with van der Waals surface area (Å²) in [5, 5.41) is 3.05. The number of anilines is 1. The lowest BCUT2D eigenvalue weighted by Crippen LogP contribution is -2.54. The molecule has 1 aromatic rings. The van der Waals surface area contributed by atoms with Crippen molar-refractivity contribution < 1.29 is 9.59 Å². The first-order valence-corrected chi connectivity index (χ1v) is 10.7. The molecule has 6 nitrogen and oxygen atoms in total. The van der Waals surface area contributed by atoms with Crippen molar-refractivity contribution in [2.24, 2.45) is 5.92 Å². The quantitative estimate of drug-likeness (QED) is 0.792. The summed E-state index contributed by atoms with van der Waals surface area (Å²) in [4.78, 5) is 31.7. The third-order valence-electron chi connectivity index (χ3n) is 6.76. The Balaban J connectivity index is 1.45. The van der Waals surface area contributed by atoms with Crippen LogP contribution in [0.1, 0.15) is 51.0 Å². The lowest BCUT2D eigenvalue weighted by Gasteiger charge is -2.37. The molecule has 3 amide bonds. The molecule has 2 saturated heterocycles. The number of carbonyl (C=O) groups is 2. The first-order chi connectivity index (χ1) is 13.5. The van der Waals surface area contributed by atoms with Gasteiger partial charge in [-0.1, -0.05) is 38.0 Å². The minimum atomic E-state index is -0.677. The maximum absolute atomic E-state index is 13.2. The van der Waals surface area contributed by atoms with E-state index < -0.39 is 5.54 Å². The number of hydrogen-bond acceptors (Lipinski definition) is 4. The molecule has 1 aromatic carbocycles. The predicted molar refractivity (Wildman–Crippen MR) is 110 cm³/mol. The van der Waals surface area contributed by atoms with E-state index in [0.29, 0.717) is 13.2 Å². The highest BCUT2D eigenvalue weighted by Crippen LogP contribution is 2.38. The lowest BCUT2D eigenvalue weighted by atomic mass is 9.73. The molecular formula is C22H32N4O2. The Labute approximate surface area is 167 Å². The first kappa shape index (κ1) is 19.2. The normalized spacial score (nSPS) is 27.9. The molecule has 2 atom stereocenters. The molecule has 1 spiro atoms. The zero-order valence-electron chi connectivity index (χ0n) is 17.1. The lowest BCUT2D eigenvalue weighted by molar-refractivity contribution is -0.135. The Hall–Kier alpha value is -2.08. The van der Waals surface area contributed by atoms with Crippen molar-refractivity contribution in [3.63, 3.8) is 0 Å². The topological polar surface area (TPSA) is 55.9 Å². The molecule has 4 rings (SSSR count). The Bertz CT molecular complexity index is 746. The summed E-state index contributed by atoms with van der Waals surface area (Å²) in [6.07, 6.45) is 6.39. The molecule has 0 radical (unpaired) electrons. The third-order valence-corrected chi connectivity index (χ3v) is 6.76. The Morgan fingerprint density at radius 1 is 1.14 bits per heavy atom. The molecule has 1 saturated carbocycles. The van der Waals surface area contributed by atoms with Gasteiger partial charge in [-0.15, -0.1) is 0 Å². The summed E-state index contributed by atoms with van der Waals surface area (Å²) in [6, 6.07) is 8.25. The number of amides is 3. The van der Waals surface area contributed by atoms with E-state index in [1.165, 1.54) is 29.0 Å². The van der Waals surface area contributed by atoms with Crippen molar-refractivity contribution in [2.45, 2.75) is 57.5 Å². The zero-order chi connectivity index (χ0) is 19.7. The predicted octanol–water partition coefficient (Wildman–Crippen LogP) is 3.18. The number of rotatable bonds is 5. The summed E-state index contributed by atoms with van der Waals surface area (Å²) < 4.78 is 0. The molecule has 2 unspecified atom stereocenters. The van der Waals surface area contributed by atoms with Gasteiger partial charge in [-0.05, 0) is 50.3 Å². The summed E-state index contributed by atoms with van der Waals surface area (Å²) in [6.45, 7) is 5.35. The van der Waals surface area contributed by atoms with Crippen LogP contribution in [0.3, 0.4) is 0 Å². The summed E-state index contributed by atoms with van der Waals surface area (Å²) in [5.74, 6) is 0.160. The highest BCUT2D eigenvalue weighted by Gasteiger charge is 2.54. The van der Waals surface area contributed by atoms with Crippen LogP contribution in [0.25, 0.3) is 0 Å². The van der Waals surface area contributed by atoms with Gasteiger partial charge in [0.25, 0.3) is 5.91 Å². The van der Waals surface area contributed by atoms with E-state index in [2.05, 4.69) is 46.3 Å². The third kappa shape index (κ3) is 3.39. The minimum Gasteiger partial charge on any atom is -0.371 e. The first-order valence-electron chi connectivity index (χ1n) is 10.7. The molecule has 28 heavy (non-hydrogen) atoms. The molecular weight excluding hydrogens is 352 g/mol. The van der Waals surface area contributed by atoms with Crippen molar-refractivity contribution in [1.29, 1.82) is 0 Å². The van der Waals surface area contributed by atoms with Crippen LogP contribution in [0.5, 0.6) is 0 Å². The number of nitrogens with zero attached hydrogens (tertiary/aromatic N) is 3. The van der Waals surface area contributed by atoms with E-state index in [4.69, 9.17) is 0 Å². The molecule has 152 valence electrons. The average Bonchev–Trinajstić information content (AvgIpc) is 3.29. The molecule has 3 aliphatic rings. The molecule has 6 heteroatoms. The summed E-state index contributed by atoms with van der Waals surface area (Å²) in [7, 11) is 1.98. The highest BCUT2D eigenvalue weighted by molar-refractivity contribution is 6.07. The monoisotopic (exact) mass is 384 g/mol. The number of urea groups is 1. The minimum absolute atomic E-state index is 0.0376. The fourth-order valence-corrected chi connectivity index (χ4v) is 5.12. The van der Waals surface area contributed by atoms with Gasteiger partial charge in [-0.3, -0.25) is 9.69 Å². The number of para-hydroxylation sites is 1. The molecule has 2 aliphatic heterocycles. The van der Waals surface area contributed by atoms with Crippen LogP contribution in [0.15, 0.2) is 24.3 Å². The van der Waals surface area contributed by atoms with Crippen molar-refractivity contribution >= 4 is 17.6 Å². The van der Waals surface area contributed by atoms with Gasteiger partial charge in [0.2, 0.25) is 0 Å². The number of hydrogen-bond donors (Lipinski definition) is 1. The second-order valence-corrected chi connectivity index (χ2v) is 8.76. The van der Waals surface area contributed by atoms with Crippen LogP contribution in [0, 0.1) is 5.92 Å². The summed E-state index contributed by atoms with van der Waals surface area (Å²) in [5.41, 5.74) is 1.85. The van der Waals surface area contributed by atoms with Crippen molar-refractivity contribution in [3.05, 3.63) is 29.8 Å². The molecule has 1 N–H and O–H groups in total. The fourth-order valence-electron chi connectivity index (χ4n) is 5.12. The van der Waals surface area contributed by atoms with Crippen LogP contribution in [-0.2, 0) is 11.3 Å². The Kier molecular flexibility index (Phi) is 5.32. The highest BCUT2D eigenvalue weighted by atomic mass is 16.2. The van der Waals surface area contributed by atoms with Crippen molar-refractivity contribution in [2.75, 3.05) is 31.7 Å². The van der Waals surface area contributed by atoms with Gasteiger partial charge in [0, 0.05) is 25.3 Å². The number of benzene rings is 1. The van der Waals surface area contributed by atoms with E-state index in [1.807, 2.05) is 7.05 Å². The number of imide groups is 1. The van der Waals surface area contributed by atoms with Gasteiger partial charge >= 0.3 is 6.03 Å². The SMILES string of the molecule is CC1CCCCC12NC(=O)N(CN(C)Cc1ccccc1N1CCCC1)C2=O. The molecule has 2 heterocycles. The standard InChI is InChI=1S/C22H32N4O2/c1-17-9-5-6-12-22(17)20(27)26(21(28)23-22)16-24(2)15-18-10-3-4-11-19(18)25-13-7-8-14-25/h3-4,10-11,17H,5-9,12-16H2,1-2H3,(H,23,28). The molecule has 0 bridgehead atoms. The van der Waals surface area contributed by atoms with E-state index in [9.17, 15) is 9.59 Å². The summed E-state index contributed by atoms with van der Waals surface area (Å²) >= 11 is 0. The van der Waals surface area contributed by atoms with Crippen LogP contribution < -0.4 is 10.2 Å². The van der Waals surface area contributed by atoms with E-state index in [0.717, 1.165) is 38.8 Å². The van der Waals surface area contributed by atoms with Gasteiger partial charge in [-0.25, -0.2) is 9.69 Å². The van der Waals surface area contributed by atoms with Gasteiger partial charge < -0.3 is 10.2 Å². The number of carbonyl (C=O) groups excluding carboxylic acids is 2. The van der Waals surface area contributed by atoms with Crippen LogP contribution in [0.4, 0.5) is 10.5 Å². The second-order valence-electron chi connectivity index (χ2n) is 8.76. The van der Waals surface area contributed by atoms with Gasteiger partial charge in [0.15, 0.2) is 0 Å². The fraction of sp³-hybridized carbons (Fsp3) is 0.636. The van der Waals surface area contributed by atoms with Gasteiger partial charge in [0.1, 0.15) is 5.54 Å². The zero-order valence-corrected chi connectivity index (χ0v) is 17.1. The van der Waals surface area contributed by atoms with E-state index in [-0.39, 0.29) is 17.9 Å². The van der Waals surface area contributed by atoms with Crippen LogP contribution in [-0.4, -0.2) is 54.1 Å². The number of nitrogens with one attached hydrogen (secondary N) is 1. The largest absolute Gasteiger partial charge is 0.371 e. The maximum atomic E-state index is 13.2. The molecule has 3 fully saturated rings. The van der Waals surface area contributed by atoms with Crippen LogP contribution in [0.2, 0.25) is 0 Å². The van der Waals surface area contributed by atoms with Crippen LogP contribution >= 0.6 is 0 Å².